The highest BCUT2D eigenvalue weighted by molar-refractivity contribution is 6.17. The van der Waals surface area contributed by atoms with Crippen LogP contribution in [-0.2, 0) is 5.88 Å². The van der Waals surface area contributed by atoms with Crippen molar-refractivity contribution < 1.29 is 4.79 Å². The summed E-state index contributed by atoms with van der Waals surface area (Å²) >= 11 is 5.75. The Balaban J connectivity index is 2.24. The highest BCUT2D eigenvalue weighted by Gasteiger charge is 2.21. The molecule has 0 unspecified atom stereocenters. The quantitative estimate of drug-likeness (QED) is 0.721. The van der Waals surface area contributed by atoms with Crippen LogP contribution in [0.25, 0.3) is 0 Å². The van der Waals surface area contributed by atoms with Gasteiger partial charge in [0.1, 0.15) is 0 Å². The van der Waals surface area contributed by atoms with Gasteiger partial charge in [-0.05, 0) is 25.0 Å². The molecule has 0 radical (unpaired) electrons. The molecule has 1 amide bonds. The second-order valence-corrected chi connectivity index (χ2v) is 3.90. The zero-order valence-corrected chi connectivity index (χ0v) is 9.20. The maximum atomic E-state index is 12.1. The largest absolute Gasteiger partial charge is 0.339 e. The van der Waals surface area contributed by atoms with Crippen LogP contribution in [0.15, 0.2) is 18.3 Å². The van der Waals surface area contributed by atoms with Crippen LogP contribution in [-0.4, -0.2) is 28.9 Å². The maximum absolute atomic E-state index is 12.1. The van der Waals surface area contributed by atoms with E-state index in [0.717, 1.165) is 25.9 Å². The van der Waals surface area contributed by atoms with Crippen LogP contribution < -0.4 is 0 Å². The van der Waals surface area contributed by atoms with Crippen molar-refractivity contribution in [3.8, 4) is 0 Å². The molecule has 0 saturated carbocycles. The van der Waals surface area contributed by atoms with Crippen LogP contribution in [0, 0.1) is 0 Å². The maximum Gasteiger partial charge on any atom is 0.255 e. The first kappa shape index (κ1) is 10.4. The molecule has 1 aromatic heterocycles. The van der Waals surface area contributed by atoms with E-state index >= 15 is 0 Å². The number of alkyl halides is 1. The van der Waals surface area contributed by atoms with E-state index in [1.165, 1.54) is 0 Å². The number of halogens is 1. The van der Waals surface area contributed by atoms with Gasteiger partial charge in [0.25, 0.3) is 5.91 Å². The van der Waals surface area contributed by atoms with Gasteiger partial charge in [0.15, 0.2) is 0 Å². The van der Waals surface area contributed by atoms with E-state index in [2.05, 4.69) is 4.98 Å². The summed E-state index contributed by atoms with van der Waals surface area (Å²) in [4.78, 5) is 18.0. The van der Waals surface area contributed by atoms with Crippen LogP contribution in [0.5, 0.6) is 0 Å². The Kier molecular flexibility index (Phi) is 3.21. The Morgan fingerprint density at radius 2 is 2.20 bits per heavy atom. The number of hydrogen-bond acceptors (Lipinski definition) is 2. The number of pyridine rings is 1. The average molecular weight is 225 g/mol. The minimum absolute atomic E-state index is 0.0660. The normalized spacial score (nSPS) is 15.7. The molecule has 2 heterocycles. The second kappa shape index (κ2) is 4.62. The summed E-state index contributed by atoms with van der Waals surface area (Å²) in [6.45, 7) is 1.71. The third kappa shape index (κ3) is 2.12. The van der Waals surface area contributed by atoms with Gasteiger partial charge in [-0.2, -0.15) is 0 Å². The molecular weight excluding hydrogens is 212 g/mol. The Bertz CT molecular complexity index is 361. The fourth-order valence-electron chi connectivity index (χ4n) is 1.83. The molecule has 0 bridgehead atoms. The minimum atomic E-state index is 0.0660. The van der Waals surface area contributed by atoms with Crippen LogP contribution in [0.2, 0.25) is 0 Å². The van der Waals surface area contributed by atoms with Crippen molar-refractivity contribution in [2.45, 2.75) is 18.7 Å². The van der Waals surface area contributed by atoms with Gasteiger partial charge in [-0.15, -0.1) is 11.6 Å². The summed E-state index contributed by atoms with van der Waals surface area (Å²) in [7, 11) is 0. The van der Waals surface area contributed by atoms with Crippen LogP contribution in [0.4, 0.5) is 0 Å². The number of carbonyl (C=O) groups excluding carboxylic acids is 1. The standard InChI is InChI=1S/C11H13ClN2O/c12-8-10-9(4-3-5-13-10)11(15)14-6-1-2-7-14/h3-5H,1-2,6-8H2. The lowest BCUT2D eigenvalue weighted by atomic mass is 10.2. The molecular formula is C11H13ClN2O. The Morgan fingerprint density at radius 3 is 2.87 bits per heavy atom. The van der Waals surface area contributed by atoms with Crippen molar-refractivity contribution in [3.05, 3.63) is 29.6 Å². The summed E-state index contributed by atoms with van der Waals surface area (Å²) in [5.41, 5.74) is 1.32. The monoisotopic (exact) mass is 224 g/mol. The Labute approximate surface area is 94.1 Å². The molecule has 4 heteroatoms. The number of hydrogen-bond donors (Lipinski definition) is 0. The van der Waals surface area contributed by atoms with Crippen molar-refractivity contribution in [1.29, 1.82) is 0 Å². The number of rotatable bonds is 2. The summed E-state index contributed by atoms with van der Waals surface area (Å²) in [6, 6.07) is 3.57. The van der Waals surface area contributed by atoms with E-state index in [-0.39, 0.29) is 11.8 Å². The molecule has 0 atom stereocenters. The molecule has 1 aliphatic rings. The van der Waals surface area contributed by atoms with Crippen molar-refractivity contribution in [3.63, 3.8) is 0 Å². The van der Waals surface area contributed by atoms with Crippen LogP contribution in [0.1, 0.15) is 28.9 Å². The van der Waals surface area contributed by atoms with Gasteiger partial charge in [-0.3, -0.25) is 9.78 Å². The second-order valence-electron chi connectivity index (χ2n) is 3.63. The van der Waals surface area contributed by atoms with Crippen LogP contribution >= 0.6 is 11.6 Å². The minimum Gasteiger partial charge on any atom is -0.339 e. The zero-order valence-electron chi connectivity index (χ0n) is 8.45. The predicted octanol–water partition coefficient (Wildman–Crippen LogP) is 2.06. The molecule has 1 aliphatic heterocycles. The van der Waals surface area contributed by atoms with Crippen molar-refractivity contribution >= 4 is 17.5 Å². The summed E-state index contributed by atoms with van der Waals surface area (Å²) in [5.74, 6) is 0.353. The Hall–Kier alpha value is -1.09. The van der Waals surface area contributed by atoms with Gasteiger partial charge in [-0.25, -0.2) is 0 Å². The Morgan fingerprint density at radius 1 is 1.47 bits per heavy atom. The van der Waals surface area contributed by atoms with E-state index in [9.17, 15) is 4.79 Å². The van der Waals surface area contributed by atoms with E-state index in [1.54, 1.807) is 18.3 Å². The topological polar surface area (TPSA) is 33.2 Å². The fraction of sp³-hybridized carbons (Fsp3) is 0.455. The fourth-order valence-corrected chi connectivity index (χ4v) is 2.04. The first-order valence-corrected chi connectivity index (χ1v) is 5.65. The molecule has 1 aromatic rings. The van der Waals surface area contributed by atoms with E-state index < -0.39 is 0 Å². The van der Waals surface area contributed by atoms with Gasteiger partial charge in [0.2, 0.25) is 0 Å². The lowest BCUT2D eigenvalue weighted by Crippen LogP contribution is -2.28. The molecule has 3 nitrogen and oxygen atoms in total. The lowest BCUT2D eigenvalue weighted by Gasteiger charge is -2.16. The molecule has 1 fully saturated rings. The zero-order chi connectivity index (χ0) is 10.7. The number of carbonyl (C=O) groups is 1. The van der Waals surface area contributed by atoms with Gasteiger partial charge >= 0.3 is 0 Å². The molecule has 0 N–H and O–H groups in total. The highest BCUT2D eigenvalue weighted by Crippen LogP contribution is 2.15. The molecule has 80 valence electrons. The van der Waals surface area contributed by atoms with Crippen molar-refractivity contribution in [2.75, 3.05) is 13.1 Å². The average Bonchev–Trinajstić information content (AvgIpc) is 2.81. The number of likely N-dealkylation sites (tertiary alicyclic amines) is 1. The first-order chi connectivity index (χ1) is 7.33. The van der Waals surface area contributed by atoms with Gasteiger partial charge in [-0.1, -0.05) is 0 Å². The van der Waals surface area contributed by atoms with E-state index in [1.807, 2.05) is 4.90 Å². The summed E-state index contributed by atoms with van der Waals surface area (Å²) in [5, 5.41) is 0. The van der Waals surface area contributed by atoms with Gasteiger partial charge in [0, 0.05) is 19.3 Å². The lowest BCUT2D eigenvalue weighted by molar-refractivity contribution is 0.0791. The number of aromatic nitrogens is 1. The predicted molar refractivity (Wildman–Crippen MR) is 58.9 cm³/mol. The van der Waals surface area contributed by atoms with E-state index in [4.69, 9.17) is 11.6 Å². The molecule has 0 aliphatic carbocycles. The first-order valence-electron chi connectivity index (χ1n) is 5.12. The molecule has 0 aromatic carbocycles. The van der Waals surface area contributed by atoms with Crippen LogP contribution in [0.3, 0.4) is 0 Å². The molecule has 0 spiro atoms. The summed E-state index contributed by atoms with van der Waals surface area (Å²) < 4.78 is 0. The smallest absolute Gasteiger partial charge is 0.255 e. The number of nitrogens with zero attached hydrogens (tertiary/aromatic N) is 2. The van der Waals surface area contributed by atoms with Gasteiger partial charge in [0.05, 0.1) is 17.1 Å². The van der Waals surface area contributed by atoms with Gasteiger partial charge < -0.3 is 4.90 Å². The van der Waals surface area contributed by atoms with E-state index in [0.29, 0.717) is 11.3 Å². The molecule has 2 rings (SSSR count). The van der Waals surface area contributed by atoms with Crippen molar-refractivity contribution in [1.82, 2.24) is 9.88 Å². The highest BCUT2D eigenvalue weighted by atomic mass is 35.5. The molecule has 1 saturated heterocycles. The summed E-state index contributed by atoms with van der Waals surface area (Å²) in [6.07, 6.45) is 3.86. The third-order valence-corrected chi connectivity index (χ3v) is 2.89. The molecule has 15 heavy (non-hydrogen) atoms. The SMILES string of the molecule is O=C(c1cccnc1CCl)N1CCCC1. The third-order valence-electron chi connectivity index (χ3n) is 2.64. The van der Waals surface area contributed by atoms with Crippen molar-refractivity contribution in [2.24, 2.45) is 0 Å². The number of amides is 1.